The second-order valence-electron chi connectivity index (χ2n) is 6.19. The Morgan fingerprint density at radius 1 is 1.08 bits per heavy atom. The highest BCUT2D eigenvalue weighted by Crippen LogP contribution is 2.31. The summed E-state index contributed by atoms with van der Waals surface area (Å²) in [4.78, 5) is 25.6. The first-order valence-corrected chi connectivity index (χ1v) is 8.98. The maximum Gasteiger partial charge on any atom is 0.332 e. The number of rotatable bonds is 5. The van der Waals surface area contributed by atoms with E-state index in [1.807, 2.05) is 42.5 Å². The zero-order valence-corrected chi connectivity index (χ0v) is 15.0. The number of fused-ring (bicyclic) bond motifs is 1. The summed E-state index contributed by atoms with van der Waals surface area (Å²) in [5.41, 5.74) is 2.45. The molecule has 3 rings (SSSR count). The van der Waals surface area contributed by atoms with Gasteiger partial charge >= 0.3 is 5.97 Å². The topological polar surface area (TPSA) is 55.4 Å². The molecule has 1 amide bonds. The molecule has 130 valence electrons. The highest BCUT2D eigenvalue weighted by molar-refractivity contribution is 7.79. The highest BCUT2D eigenvalue weighted by atomic mass is 32.1. The monoisotopic (exact) mass is 355 g/mol. The number of benzene rings is 2. The Balaban J connectivity index is 1.92. The molecule has 0 aromatic heterocycles. The lowest BCUT2D eigenvalue weighted by atomic mass is 9.94. The number of hydrogen-bond acceptors (Lipinski definition) is 4. The molecule has 0 fully saturated rings. The lowest BCUT2D eigenvalue weighted by Crippen LogP contribution is -2.56. The minimum atomic E-state index is -1.06. The van der Waals surface area contributed by atoms with Crippen molar-refractivity contribution in [2.24, 2.45) is 0 Å². The zero-order valence-electron chi connectivity index (χ0n) is 14.1. The van der Waals surface area contributed by atoms with Crippen LogP contribution >= 0.6 is 12.6 Å². The van der Waals surface area contributed by atoms with Crippen LogP contribution < -0.4 is 5.32 Å². The van der Waals surface area contributed by atoms with Gasteiger partial charge in [0.1, 0.15) is 5.54 Å². The van der Waals surface area contributed by atoms with E-state index in [1.165, 1.54) is 0 Å². The van der Waals surface area contributed by atoms with Crippen LogP contribution in [-0.4, -0.2) is 24.0 Å². The van der Waals surface area contributed by atoms with Crippen molar-refractivity contribution in [1.29, 1.82) is 0 Å². The minimum absolute atomic E-state index is 0.273. The van der Waals surface area contributed by atoms with Crippen LogP contribution in [0.2, 0.25) is 0 Å². The van der Waals surface area contributed by atoms with Gasteiger partial charge in [-0.2, -0.15) is 12.6 Å². The van der Waals surface area contributed by atoms with Crippen LogP contribution in [0, 0.1) is 0 Å². The number of carbonyl (C=O) groups is 2. The van der Waals surface area contributed by atoms with Crippen molar-refractivity contribution in [3.05, 3.63) is 70.8 Å². The molecule has 0 spiro atoms. The molecule has 0 bridgehead atoms. The lowest BCUT2D eigenvalue weighted by Gasteiger charge is -2.28. The van der Waals surface area contributed by atoms with Crippen molar-refractivity contribution < 1.29 is 14.3 Å². The Hall–Kier alpha value is -2.27. The summed E-state index contributed by atoms with van der Waals surface area (Å²) in [7, 11) is 0. The van der Waals surface area contributed by atoms with Crippen molar-refractivity contribution in [3.8, 4) is 0 Å². The maximum absolute atomic E-state index is 12.9. The maximum atomic E-state index is 12.9. The second kappa shape index (κ2) is 7.31. The lowest BCUT2D eigenvalue weighted by molar-refractivity contribution is -0.150. The largest absolute Gasteiger partial charge is 0.464 e. The van der Waals surface area contributed by atoms with E-state index in [9.17, 15) is 9.59 Å². The Bertz CT molecular complexity index is 778. The number of ether oxygens (including phenoxy) is 1. The fourth-order valence-electron chi connectivity index (χ4n) is 3.33. The molecule has 1 N–H and O–H groups in total. The molecule has 0 radical (unpaired) electrons. The Kier molecular flexibility index (Phi) is 5.13. The molecule has 0 saturated heterocycles. The second-order valence-corrected chi connectivity index (χ2v) is 6.51. The molecule has 1 aliphatic rings. The summed E-state index contributed by atoms with van der Waals surface area (Å²) in [6.45, 7) is 2.05. The van der Waals surface area contributed by atoms with Crippen LogP contribution in [0.3, 0.4) is 0 Å². The zero-order chi connectivity index (χ0) is 17.9. The quantitative estimate of drug-likeness (QED) is 0.640. The van der Waals surface area contributed by atoms with Gasteiger partial charge in [-0.05, 0) is 29.7 Å². The van der Waals surface area contributed by atoms with Crippen molar-refractivity contribution in [3.63, 3.8) is 0 Å². The summed E-state index contributed by atoms with van der Waals surface area (Å²) in [6.07, 6.45) is 0.883. The SMILES string of the molecule is CCOC(=O)C1(NC(=O)c2ccccc2CS)Cc2ccccc2C1. The summed E-state index contributed by atoms with van der Waals surface area (Å²) < 4.78 is 5.28. The molecule has 4 nitrogen and oxygen atoms in total. The van der Waals surface area contributed by atoms with Gasteiger partial charge in [0.2, 0.25) is 0 Å². The average Bonchev–Trinajstić information content (AvgIpc) is 3.01. The number of carbonyl (C=O) groups excluding carboxylic acids is 2. The van der Waals surface area contributed by atoms with Crippen molar-refractivity contribution in [2.45, 2.75) is 31.1 Å². The van der Waals surface area contributed by atoms with E-state index < -0.39 is 5.54 Å². The number of hydrogen-bond donors (Lipinski definition) is 2. The summed E-state index contributed by atoms with van der Waals surface area (Å²) >= 11 is 4.29. The summed E-state index contributed by atoms with van der Waals surface area (Å²) in [6, 6.07) is 15.2. The van der Waals surface area contributed by atoms with E-state index in [-0.39, 0.29) is 18.5 Å². The molecule has 2 aromatic carbocycles. The van der Waals surface area contributed by atoms with E-state index in [0.29, 0.717) is 24.2 Å². The Morgan fingerprint density at radius 2 is 1.68 bits per heavy atom. The smallest absolute Gasteiger partial charge is 0.332 e. The number of nitrogens with one attached hydrogen (secondary N) is 1. The Morgan fingerprint density at radius 3 is 2.28 bits per heavy atom. The first-order valence-electron chi connectivity index (χ1n) is 8.35. The first kappa shape index (κ1) is 17.5. The van der Waals surface area contributed by atoms with E-state index in [1.54, 1.807) is 13.0 Å². The minimum Gasteiger partial charge on any atom is -0.464 e. The average molecular weight is 355 g/mol. The fourth-order valence-corrected chi connectivity index (χ4v) is 3.61. The molecule has 25 heavy (non-hydrogen) atoms. The first-order chi connectivity index (χ1) is 12.1. The van der Waals surface area contributed by atoms with Gasteiger partial charge < -0.3 is 10.1 Å². The van der Waals surface area contributed by atoms with Crippen LogP contribution in [0.25, 0.3) is 0 Å². The van der Waals surface area contributed by atoms with Gasteiger partial charge in [0.15, 0.2) is 0 Å². The van der Waals surface area contributed by atoms with Crippen LogP contribution in [0.1, 0.15) is 34.0 Å². The standard InChI is InChI=1S/C20H21NO3S/c1-2-24-19(23)20(11-14-7-3-4-8-15(14)12-20)21-18(22)17-10-6-5-9-16(17)13-25/h3-10,25H,2,11-13H2,1H3,(H,21,22). The van der Waals surface area contributed by atoms with Crippen molar-refractivity contribution in [1.82, 2.24) is 5.32 Å². The van der Waals surface area contributed by atoms with Gasteiger partial charge in [0.25, 0.3) is 5.91 Å². The predicted molar refractivity (Wildman–Crippen MR) is 99.8 cm³/mol. The van der Waals surface area contributed by atoms with Gasteiger partial charge in [0.05, 0.1) is 6.61 Å². The molecular formula is C20H21NO3S. The fraction of sp³-hybridized carbons (Fsp3) is 0.300. The van der Waals surface area contributed by atoms with Gasteiger partial charge in [-0.25, -0.2) is 4.79 Å². The molecular weight excluding hydrogens is 334 g/mol. The molecule has 2 aromatic rings. The molecule has 1 aliphatic carbocycles. The van der Waals surface area contributed by atoms with E-state index >= 15 is 0 Å². The molecule has 0 saturated carbocycles. The van der Waals surface area contributed by atoms with Crippen LogP contribution in [0.15, 0.2) is 48.5 Å². The molecule has 5 heteroatoms. The summed E-state index contributed by atoms with van der Waals surface area (Å²) in [5.74, 6) is -0.204. The van der Waals surface area contributed by atoms with Gasteiger partial charge in [-0.15, -0.1) is 0 Å². The van der Waals surface area contributed by atoms with Crippen LogP contribution in [0.5, 0.6) is 0 Å². The summed E-state index contributed by atoms with van der Waals surface area (Å²) in [5, 5.41) is 2.97. The van der Waals surface area contributed by atoms with Crippen LogP contribution in [0.4, 0.5) is 0 Å². The van der Waals surface area contributed by atoms with E-state index in [2.05, 4.69) is 17.9 Å². The van der Waals surface area contributed by atoms with Gasteiger partial charge in [-0.1, -0.05) is 42.5 Å². The highest BCUT2D eigenvalue weighted by Gasteiger charge is 2.46. The van der Waals surface area contributed by atoms with E-state index in [0.717, 1.165) is 16.7 Å². The Labute approximate surface area is 153 Å². The third-order valence-electron chi connectivity index (χ3n) is 4.55. The molecule has 0 atom stereocenters. The third-order valence-corrected chi connectivity index (χ3v) is 4.89. The van der Waals surface area contributed by atoms with Crippen LogP contribution in [-0.2, 0) is 28.1 Å². The van der Waals surface area contributed by atoms with Crippen molar-refractivity contribution >= 4 is 24.5 Å². The molecule has 0 heterocycles. The van der Waals surface area contributed by atoms with Gasteiger partial charge in [-0.3, -0.25) is 4.79 Å². The number of esters is 1. The van der Waals surface area contributed by atoms with Crippen molar-refractivity contribution in [2.75, 3.05) is 6.61 Å². The number of thiol groups is 1. The number of amides is 1. The van der Waals surface area contributed by atoms with Gasteiger partial charge in [0, 0.05) is 24.2 Å². The normalized spacial score (nSPS) is 14.6. The van der Waals surface area contributed by atoms with E-state index in [4.69, 9.17) is 4.74 Å². The third kappa shape index (κ3) is 3.42. The predicted octanol–water partition coefficient (Wildman–Crippen LogP) is 2.95. The molecule has 0 aliphatic heterocycles. The molecule has 0 unspecified atom stereocenters.